The highest BCUT2D eigenvalue weighted by Gasteiger charge is 2.42. The zero-order valence-electron chi connectivity index (χ0n) is 11.2. The highest BCUT2D eigenvalue weighted by molar-refractivity contribution is 4.97. The van der Waals surface area contributed by atoms with Crippen LogP contribution in [0.5, 0.6) is 0 Å². The Hall–Kier alpha value is -0.160. The number of likely N-dealkylation sites (tertiary alicyclic amines) is 1. The molecule has 2 aliphatic heterocycles. The molecule has 0 aromatic carbocycles. The van der Waals surface area contributed by atoms with Gasteiger partial charge in [-0.25, -0.2) is 0 Å². The van der Waals surface area contributed by atoms with E-state index in [1.54, 1.807) is 7.11 Å². The Bertz CT molecular complexity index is 225. The van der Waals surface area contributed by atoms with Gasteiger partial charge in [0.1, 0.15) is 0 Å². The Morgan fingerprint density at radius 1 is 1.24 bits per heavy atom. The molecular weight excluding hydrogens is 216 g/mol. The molecule has 2 heterocycles. The van der Waals surface area contributed by atoms with Crippen molar-refractivity contribution >= 4 is 0 Å². The molecule has 1 N–H and O–H groups in total. The largest absolute Gasteiger partial charge is 0.382 e. The Kier molecular flexibility index (Phi) is 5.22. The summed E-state index contributed by atoms with van der Waals surface area (Å²) in [5.74, 6) is 1.75. The first-order valence-electron chi connectivity index (χ1n) is 6.88. The first kappa shape index (κ1) is 13.3. The highest BCUT2D eigenvalue weighted by Crippen LogP contribution is 2.33. The second-order valence-corrected chi connectivity index (χ2v) is 5.16. The van der Waals surface area contributed by atoms with Crippen molar-refractivity contribution < 1.29 is 9.47 Å². The van der Waals surface area contributed by atoms with E-state index >= 15 is 0 Å². The number of hydrogen-bond donors (Lipinski definition) is 1. The molecule has 0 saturated carbocycles. The predicted molar refractivity (Wildman–Crippen MR) is 68.2 cm³/mol. The second kappa shape index (κ2) is 6.69. The molecule has 0 aromatic rings. The van der Waals surface area contributed by atoms with Gasteiger partial charge in [0.2, 0.25) is 0 Å². The van der Waals surface area contributed by atoms with E-state index in [4.69, 9.17) is 9.47 Å². The minimum absolute atomic E-state index is 0.701. The van der Waals surface area contributed by atoms with Crippen LogP contribution in [0.25, 0.3) is 0 Å². The van der Waals surface area contributed by atoms with Crippen molar-refractivity contribution in [2.45, 2.75) is 19.4 Å². The van der Waals surface area contributed by atoms with Crippen LogP contribution in [0.1, 0.15) is 13.3 Å². The van der Waals surface area contributed by atoms with Gasteiger partial charge in [0, 0.05) is 26.2 Å². The molecule has 3 unspecified atom stereocenters. The predicted octanol–water partition coefficient (Wildman–Crippen LogP) is 0.579. The summed E-state index contributed by atoms with van der Waals surface area (Å²) < 4.78 is 10.5. The van der Waals surface area contributed by atoms with Crippen LogP contribution >= 0.6 is 0 Å². The monoisotopic (exact) mass is 242 g/mol. The average molecular weight is 242 g/mol. The molecule has 0 amide bonds. The third-order valence-corrected chi connectivity index (χ3v) is 4.20. The highest BCUT2D eigenvalue weighted by atomic mass is 16.5. The lowest BCUT2D eigenvalue weighted by atomic mass is 9.93. The Labute approximate surface area is 105 Å². The summed E-state index contributed by atoms with van der Waals surface area (Å²) in [6.07, 6.45) is 1.26. The summed E-state index contributed by atoms with van der Waals surface area (Å²) in [4.78, 5) is 2.63. The number of hydrogen-bond acceptors (Lipinski definition) is 4. The zero-order valence-corrected chi connectivity index (χ0v) is 11.2. The maximum atomic E-state index is 5.57. The summed E-state index contributed by atoms with van der Waals surface area (Å²) in [6.45, 7) is 9.32. The standard InChI is InChI=1S/C13H26N2O2/c1-3-13-12-9-14-8-11(12)10-15(13)4-5-17-7-6-16-2/h11-14H,3-10H2,1-2H3. The fraction of sp³-hybridized carbons (Fsp3) is 1.00. The summed E-state index contributed by atoms with van der Waals surface area (Å²) in [5.41, 5.74) is 0. The number of ether oxygens (including phenoxy) is 2. The van der Waals surface area contributed by atoms with Gasteiger partial charge < -0.3 is 14.8 Å². The van der Waals surface area contributed by atoms with Crippen LogP contribution in [0.15, 0.2) is 0 Å². The number of fused-ring (bicyclic) bond motifs is 1. The molecule has 3 atom stereocenters. The van der Waals surface area contributed by atoms with Crippen molar-refractivity contribution in [3.63, 3.8) is 0 Å². The minimum Gasteiger partial charge on any atom is -0.382 e. The van der Waals surface area contributed by atoms with Gasteiger partial charge >= 0.3 is 0 Å². The smallest absolute Gasteiger partial charge is 0.0700 e. The normalized spacial score (nSPS) is 33.2. The van der Waals surface area contributed by atoms with Crippen LogP contribution in [0.2, 0.25) is 0 Å². The van der Waals surface area contributed by atoms with Crippen molar-refractivity contribution in [1.29, 1.82) is 0 Å². The first-order valence-corrected chi connectivity index (χ1v) is 6.88. The van der Waals surface area contributed by atoms with E-state index in [1.807, 2.05) is 0 Å². The average Bonchev–Trinajstić information content (AvgIpc) is 2.88. The van der Waals surface area contributed by atoms with Crippen molar-refractivity contribution in [1.82, 2.24) is 10.2 Å². The van der Waals surface area contributed by atoms with Crippen molar-refractivity contribution in [3.8, 4) is 0 Å². The Morgan fingerprint density at radius 3 is 2.88 bits per heavy atom. The lowest BCUT2D eigenvalue weighted by molar-refractivity contribution is 0.0529. The maximum absolute atomic E-state index is 5.57. The zero-order chi connectivity index (χ0) is 12.1. The minimum atomic E-state index is 0.701. The SMILES string of the molecule is CCC1C2CNCC2CN1CCOCCOC. The van der Waals surface area contributed by atoms with Crippen LogP contribution in [0.3, 0.4) is 0 Å². The van der Waals surface area contributed by atoms with Crippen LogP contribution in [-0.2, 0) is 9.47 Å². The van der Waals surface area contributed by atoms with Crippen LogP contribution in [0.4, 0.5) is 0 Å². The third-order valence-electron chi connectivity index (χ3n) is 4.20. The van der Waals surface area contributed by atoms with Crippen LogP contribution in [-0.4, -0.2) is 64.1 Å². The molecule has 4 heteroatoms. The molecule has 2 fully saturated rings. The van der Waals surface area contributed by atoms with E-state index in [2.05, 4.69) is 17.1 Å². The van der Waals surface area contributed by atoms with Gasteiger partial charge in [0.05, 0.1) is 19.8 Å². The summed E-state index contributed by atoms with van der Waals surface area (Å²) >= 11 is 0. The van der Waals surface area contributed by atoms with Gasteiger partial charge in [-0.15, -0.1) is 0 Å². The van der Waals surface area contributed by atoms with Crippen molar-refractivity contribution in [2.75, 3.05) is 53.1 Å². The molecule has 4 nitrogen and oxygen atoms in total. The first-order chi connectivity index (χ1) is 8.36. The van der Waals surface area contributed by atoms with Crippen LogP contribution in [0, 0.1) is 11.8 Å². The summed E-state index contributed by atoms with van der Waals surface area (Å²) in [7, 11) is 1.71. The molecule has 0 spiro atoms. The molecular formula is C13H26N2O2. The quantitative estimate of drug-likeness (QED) is 0.662. The van der Waals surface area contributed by atoms with E-state index < -0.39 is 0 Å². The lowest BCUT2D eigenvalue weighted by Gasteiger charge is -2.26. The molecule has 0 aromatic heterocycles. The molecule has 0 radical (unpaired) electrons. The summed E-state index contributed by atoms with van der Waals surface area (Å²) in [6, 6.07) is 0.765. The third kappa shape index (κ3) is 3.19. The van der Waals surface area contributed by atoms with Crippen molar-refractivity contribution in [2.24, 2.45) is 11.8 Å². The van der Waals surface area contributed by atoms with E-state index in [9.17, 15) is 0 Å². The van der Waals surface area contributed by atoms with E-state index in [-0.39, 0.29) is 0 Å². The van der Waals surface area contributed by atoms with Gasteiger partial charge in [-0.1, -0.05) is 6.92 Å². The van der Waals surface area contributed by atoms with Gasteiger partial charge in [0.25, 0.3) is 0 Å². The Balaban J connectivity index is 1.69. The lowest BCUT2D eigenvalue weighted by Crippen LogP contribution is -2.37. The van der Waals surface area contributed by atoms with E-state index in [0.29, 0.717) is 6.61 Å². The van der Waals surface area contributed by atoms with Crippen molar-refractivity contribution in [3.05, 3.63) is 0 Å². The van der Waals surface area contributed by atoms with Gasteiger partial charge in [0.15, 0.2) is 0 Å². The number of rotatable bonds is 7. The fourth-order valence-electron chi connectivity index (χ4n) is 3.36. The molecule has 0 bridgehead atoms. The topological polar surface area (TPSA) is 33.7 Å². The van der Waals surface area contributed by atoms with Crippen LogP contribution < -0.4 is 5.32 Å². The number of methoxy groups -OCH3 is 1. The molecule has 2 aliphatic rings. The van der Waals surface area contributed by atoms with Gasteiger partial charge in [-0.05, 0) is 31.3 Å². The molecule has 100 valence electrons. The second-order valence-electron chi connectivity index (χ2n) is 5.16. The van der Waals surface area contributed by atoms with E-state index in [0.717, 1.165) is 37.6 Å². The molecule has 0 aliphatic carbocycles. The number of nitrogens with zero attached hydrogens (tertiary/aromatic N) is 1. The molecule has 2 rings (SSSR count). The molecule has 2 saturated heterocycles. The number of nitrogens with one attached hydrogen (secondary N) is 1. The fourth-order valence-corrected chi connectivity index (χ4v) is 3.36. The van der Waals surface area contributed by atoms with Gasteiger partial charge in [-0.2, -0.15) is 0 Å². The van der Waals surface area contributed by atoms with Gasteiger partial charge in [-0.3, -0.25) is 4.90 Å². The maximum Gasteiger partial charge on any atom is 0.0700 e. The van der Waals surface area contributed by atoms with E-state index in [1.165, 1.54) is 26.1 Å². The summed E-state index contributed by atoms with van der Waals surface area (Å²) in [5, 5.41) is 3.52. The Morgan fingerprint density at radius 2 is 2.12 bits per heavy atom. The molecule has 17 heavy (non-hydrogen) atoms.